The van der Waals surface area contributed by atoms with Crippen molar-refractivity contribution in [1.82, 2.24) is 10.3 Å². The maximum Gasteiger partial charge on any atom is 0.253 e. The summed E-state index contributed by atoms with van der Waals surface area (Å²) in [6, 6.07) is 18.4. The molecule has 3 aromatic rings. The van der Waals surface area contributed by atoms with Gasteiger partial charge in [-0.1, -0.05) is 48.0 Å². The minimum atomic E-state index is -3.46. The number of nitrogens with one attached hydrogen (secondary N) is 1. The molecular weight excluding hydrogens is 384 g/mol. The Morgan fingerprint density at radius 3 is 2.37 bits per heavy atom. The van der Waals surface area contributed by atoms with Crippen LogP contribution in [0.2, 0.25) is 5.02 Å². The van der Waals surface area contributed by atoms with Crippen LogP contribution in [0.3, 0.4) is 0 Å². The van der Waals surface area contributed by atoms with Crippen molar-refractivity contribution in [2.45, 2.75) is 10.9 Å². The fourth-order valence-corrected chi connectivity index (χ4v) is 3.49. The van der Waals surface area contributed by atoms with E-state index in [-0.39, 0.29) is 15.5 Å². The maximum absolute atomic E-state index is 12.9. The quantitative estimate of drug-likeness (QED) is 0.709. The molecule has 1 atom stereocenters. The SMILES string of the molecule is CS(=O)(=O)c1ccc(Cl)c(C(=O)NC(c2ccccc2)c2ccccn2)c1. The number of carbonyl (C=O) groups excluding carboxylic acids is 1. The van der Waals surface area contributed by atoms with E-state index in [4.69, 9.17) is 11.6 Å². The van der Waals surface area contributed by atoms with Crippen LogP contribution in [0.25, 0.3) is 0 Å². The Bertz CT molecular complexity index is 1020. The zero-order valence-corrected chi connectivity index (χ0v) is 16.0. The Balaban J connectivity index is 1.99. The van der Waals surface area contributed by atoms with Gasteiger partial charge in [0.1, 0.15) is 0 Å². The molecule has 1 amide bonds. The topological polar surface area (TPSA) is 76.1 Å². The Morgan fingerprint density at radius 2 is 1.74 bits per heavy atom. The van der Waals surface area contributed by atoms with Crippen LogP contribution in [0, 0.1) is 0 Å². The number of hydrogen-bond donors (Lipinski definition) is 1. The number of aromatic nitrogens is 1. The van der Waals surface area contributed by atoms with Crippen molar-refractivity contribution in [3.63, 3.8) is 0 Å². The minimum absolute atomic E-state index is 0.0335. The first kappa shape index (κ1) is 19.1. The van der Waals surface area contributed by atoms with E-state index in [2.05, 4.69) is 10.3 Å². The monoisotopic (exact) mass is 400 g/mol. The van der Waals surface area contributed by atoms with E-state index >= 15 is 0 Å². The van der Waals surface area contributed by atoms with Crippen molar-refractivity contribution in [3.05, 3.63) is 94.8 Å². The lowest BCUT2D eigenvalue weighted by Crippen LogP contribution is -2.30. The summed E-state index contributed by atoms with van der Waals surface area (Å²) >= 11 is 6.15. The third kappa shape index (κ3) is 4.53. The molecule has 0 saturated heterocycles. The van der Waals surface area contributed by atoms with Gasteiger partial charge >= 0.3 is 0 Å². The highest BCUT2D eigenvalue weighted by Crippen LogP contribution is 2.24. The molecule has 138 valence electrons. The highest BCUT2D eigenvalue weighted by atomic mass is 35.5. The van der Waals surface area contributed by atoms with Gasteiger partial charge in [0.2, 0.25) is 0 Å². The van der Waals surface area contributed by atoms with Crippen LogP contribution in [0.5, 0.6) is 0 Å². The van der Waals surface area contributed by atoms with Crippen molar-refractivity contribution >= 4 is 27.3 Å². The normalized spacial score (nSPS) is 12.4. The molecule has 0 aliphatic heterocycles. The average Bonchev–Trinajstić information content (AvgIpc) is 2.66. The summed E-state index contributed by atoms with van der Waals surface area (Å²) < 4.78 is 23.6. The molecule has 3 rings (SSSR count). The number of halogens is 1. The standard InChI is InChI=1S/C20H17ClN2O3S/c1-27(25,26)15-10-11-17(21)16(13-15)20(24)23-19(14-7-3-2-4-8-14)18-9-5-6-12-22-18/h2-13,19H,1H3,(H,23,24). The van der Waals surface area contributed by atoms with Crippen molar-refractivity contribution < 1.29 is 13.2 Å². The molecule has 2 aromatic carbocycles. The Morgan fingerprint density at radius 1 is 1.04 bits per heavy atom. The summed E-state index contributed by atoms with van der Waals surface area (Å²) in [6.45, 7) is 0. The van der Waals surface area contributed by atoms with Gasteiger partial charge in [0, 0.05) is 12.5 Å². The van der Waals surface area contributed by atoms with Crippen LogP contribution in [-0.4, -0.2) is 25.6 Å². The van der Waals surface area contributed by atoms with Gasteiger partial charge in [0.15, 0.2) is 9.84 Å². The number of amides is 1. The van der Waals surface area contributed by atoms with Gasteiger partial charge < -0.3 is 5.32 Å². The third-order valence-corrected chi connectivity index (χ3v) is 5.44. The van der Waals surface area contributed by atoms with Gasteiger partial charge in [0.25, 0.3) is 5.91 Å². The van der Waals surface area contributed by atoms with Crippen molar-refractivity contribution in [1.29, 1.82) is 0 Å². The highest BCUT2D eigenvalue weighted by Gasteiger charge is 2.21. The first-order valence-corrected chi connectivity index (χ1v) is 10.4. The maximum atomic E-state index is 12.9. The zero-order chi connectivity index (χ0) is 19.4. The van der Waals surface area contributed by atoms with E-state index in [0.717, 1.165) is 11.8 Å². The Kier molecular flexibility index (Phi) is 5.58. The summed E-state index contributed by atoms with van der Waals surface area (Å²) in [5.41, 5.74) is 1.60. The molecule has 27 heavy (non-hydrogen) atoms. The number of sulfone groups is 1. The fourth-order valence-electron chi connectivity index (χ4n) is 2.64. The molecule has 5 nitrogen and oxygen atoms in total. The van der Waals surface area contributed by atoms with Crippen LogP contribution in [0.15, 0.2) is 77.8 Å². The van der Waals surface area contributed by atoms with Crippen LogP contribution in [0.1, 0.15) is 27.7 Å². The van der Waals surface area contributed by atoms with Gasteiger partial charge in [-0.05, 0) is 35.9 Å². The molecule has 0 radical (unpaired) electrons. The zero-order valence-electron chi connectivity index (χ0n) is 14.5. The number of rotatable bonds is 5. The lowest BCUT2D eigenvalue weighted by Gasteiger charge is -2.19. The van der Waals surface area contributed by atoms with Gasteiger partial charge in [-0.25, -0.2) is 8.42 Å². The smallest absolute Gasteiger partial charge is 0.253 e. The summed E-state index contributed by atoms with van der Waals surface area (Å²) in [6.07, 6.45) is 2.73. The third-order valence-electron chi connectivity index (χ3n) is 4.00. The van der Waals surface area contributed by atoms with E-state index in [1.54, 1.807) is 12.3 Å². The summed E-state index contributed by atoms with van der Waals surface area (Å²) in [5.74, 6) is -0.481. The average molecular weight is 401 g/mol. The summed E-state index contributed by atoms with van der Waals surface area (Å²) in [7, 11) is -3.46. The van der Waals surface area contributed by atoms with Crippen LogP contribution < -0.4 is 5.32 Å². The first-order chi connectivity index (χ1) is 12.9. The molecule has 0 spiro atoms. The first-order valence-electron chi connectivity index (χ1n) is 8.12. The molecule has 0 saturated carbocycles. The van der Waals surface area contributed by atoms with Gasteiger partial charge in [0.05, 0.1) is 27.2 Å². The van der Waals surface area contributed by atoms with Crippen molar-refractivity contribution in [2.75, 3.05) is 6.26 Å². The summed E-state index contributed by atoms with van der Waals surface area (Å²) in [4.78, 5) is 17.3. The number of benzene rings is 2. The van der Waals surface area contributed by atoms with Gasteiger partial charge in [-0.3, -0.25) is 9.78 Å². The van der Waals surface area contributed by atoms with Crippen molar-refractivity contribution in [2.24, 2.45) is 0 Å². The molecule has 0 bridgehead atoms. The number of carbonyl (C=O) groups is 1. The second kappa shape index (κ2) is 7.90. The van der Waals surface area contributed by atoms with E-state index < -0.39 is 21.8 Å². The predicted octanol–water partition coefficient (Wildman–Crippen LogP) is 3.66. The van der Waals surface area contributed by atoms with E-state index in [0.29, 0.717) is 5.69 Å². The number of pyridine rings is 1. The molecule has 7 heteroatoms. The molecule has 0 fully saturated rings. The van der Waals surface area contributed by atoms with Crippen molar-refractivity contribution in [3.8, 4) is 0 Å². The number of hydrogen-bond acceptors (Lipinski definition) is 4. The minimum Gasteiger partial charge on any atom is -0.339 e. The molecule has 0 aliphatic rings. The van der Waals surface area contributed by atoms with E-state index in [1.807, 2.05) is 42.5 Å². The number of nitrogens with zero attached hydrogens (tertiary/aromatic N) is 1. The lowest BCUT2D eigenvalue weighted by atomic mass is 10.0. The largest absolute Gasteiger partial charge is 0.339 e. The molecule has 1 heterocycles. The van der Waals surface area contributed by atoms with E-state index in [1.165, 1.54) is 18.2 Å². The molecule has 0 aliphatic carbocycles. The molecule has 1 N–H and O–H groups in total. The van der Waals surface area contributed by atoms with Crippen LogP contribution in [0.4, 0.5) is 0 Å². The highest BCUT2D eigenvalue weighted by molar-refractivity contribution is 7.90. The lowest BCUT2D eigenvalue weighted by molar-refractivity contribution is 0.0942. The molecule has 1 unspecified atom stereocenters. The van der Waals surface area contributed by atoms with Crippen LogP contribution in [-0.2, 0) is 9.84 Å². The fraction of sp³-hybridized carbons (Fsp3) is 0.100. The van der Waals surface area contributed by atoms with Gasteiger partial charge in [-0.15, -0.1) is 0 Å². The summed E-state index contributed by atoms with van der Waals surface area (Å²) in [5, 5.41) is 3.08. The second-order valence-corrected chi connectivity index (χ2v) is 8.41. The van der Waals surface area contributed by atoms with Gasteiger partial charge in [-0.2, -0.15) is 0 Å². The molecular formula is C20H17ClN2O3S. The predicted molar refractivity (Wildman–Crippen MR) is 105 cm³/mol. The Hall–Kier alpha value is -2.70. The molecule has 1 aromatic heterocycles. The Labute approximate surface area is 163 Å². The van der Waals surface area contributed by atoms with Crippen LogP contribution >= 0.6 is 11.6 Å². The van der Waals surface area contributed by atoms with E-state index in [9.17, 15) is 13.2 Å². The second-order valence-electron chi connectivity index (χ2n) is 5.99.